The molecule has 7 heteroatoms. The van der Waals surface area contributed by atoms with E-state index in [0.717, 1.165) is 5.69 Å². The summed E-state index contributed by atoms with van der Waals surface area (Å²) < 4.78 is 14.8. The fourth-order valence-electron chi connectivity index (χ4n) is 3.23. The monoisotopic (exact) mass is 344 g/mol. The third-order valence-corrected chi connectivity index (χ3v) is 4.69. The second-order valence-electron chi connectivity index (χ2n) is 6.22. The second-order valence-corrected chi connectivity index (χ2v) is 6.22. The summed E-state index contributed by atoms with van der Waals surface area (Å²) in [6.07, 6.45) is 3.37. The summed E-state index contributed by atoms with van der Waals surface area (Å²) in [6.45, 7) is 2.97. The molecule has 25 heavy (non-hydrogen) atoms. The van der Waals surface area contributed by atoms with E-state index in [1.807, 2.05) is 6.92 Å². The first kappa shape index (κ1) is 17.1. The van der Waals surface area contributed by atoms with Crippen LogP contribution in [0, 0.1) is 11.7 Å². The van der Waals surface area contributed by atoms with E-state index in [-0.39, 0.29) is 23.5 Å². The number of aromatic nitrogens is 2. The fourth-order valence-corrected chi connectivity index (χ4v) is 3.23. The molecule has 2 N–H and O–H groups in total. The quantitative estimate of drug-likeness (QED) is 0.920. The molecule has 132 valence electrons. The molecule has 3 rings (SSSR count). The number of rotatable bonds is 4. The number of amides is 2. The topological polar surface area (TPSA) is 81.2 Å². The Morgan fingerprint density at radius 1 is 1.24 bits per heavy atom. The Kier molecular flexibility index (Phi) is 4.83. The Morgan fingerprint density at radius 2 is 1.88 bits per heavy atom. The van der Waals surface area contributed by atoms with Crippen molar-refractivity contribution in [1.82, 2.24) is 14.7 Å². The number of halogens is 1. The summed E-state index contributed by atoms with van der Waals surface area (Å²) in [5, 5.41) is 4.32. The Morgan fingerprint density at radius 3 is 2.44 bits per heavy atom. The second kappa shape index (κ2) is 7.04. The van der Waals surface area contributed by atoms with E-state index in [1.54, 1.807) is 27.9 Å². The van der Waals surface area contributed by atoms with Crippen molar-refractivity contribution in [2.45, 2.75) is 26.2 Å². The van der Waals surface area contributed by atoms with Crippen molar-refractivity contribution in [3.05, 3.63) is 47.5 Å². The number of hydrogen-bond acceptors (Lipinski definition) is 3. The van der Waals surface area contributed by atoms with E-state index in [4.69, 9.17) is 5.73 Å². The Hall–Kier alpha value is -2.70. The van der Waals surface area contributed by atoms with E-state index in [1.165, 1.54) is 12.1 Å². The van der Waals surface area contributed by atoms with Crippen molar-refractivity contribution in [2.24, 2.45) is 11.7 Å². The van der Waals surface area contributed by atoms with Crippen LogP contribution in [0.15, 0.2) is 30.5 Å². The highest BCUT2D eigenvalue weighted by atomic mass is 19.1. The number of nitrogens with two attached hydrogens (primary N) is 1. The van der Waals surface area contributed by atoms with Crippen molar-refractivity contribution in [3.8, 4) is 5.69 Å². The first-order valence-corrected chi connectivity index (χ1v) is 8.42. The summed E-state index contributed by atoms with van der Waals surface area (Å²) in [4.78, 5) is 25.9. The first-order chi connectivity index (χ1) is 12.0. The van der Waals surface area contributed by atoms with Gasteiger partial charge in [-0.05, 0) is 43.5 Å². The van der Waals surface area contributed by atoms with Crippen LogP contribution in [0.4, 0.5) is 4.39 Å². The number of nitrogens with zero attached hydrogens (tertiary/aromatic N) is 3. The summed E-state index contributed by atoms with van der Waals surface area (Å²) >= 11 is 0. The average molecular weight is 344 g/mol. The predicted octanol–water partition coefficient (Wildman–Crippen LogP) is 1.91. The molecule has 1 saturated heterocycles. The highest BCUT2D eigenvalue weighted by molar-refractivity contribution is 5.95. The Bertz CT molecular complexity index is 777. The van der Waals surface area contributed by atoms with Gasteiger partial charge in [-0.15, -0.1) is 0 Å². The standard InChI is InChI=1S/C18H21FN4O2/c1-2-16-15(11-21-23(16)14-5-3-13(19)4-6-14)18(25)22-9-7-12(8-10-22)17(20)24/h3-6,11-12H,2,7-10H2,1H3,(H2,20,24). The molecule has 6 nitrogen and oxygen atoms in total. The lowest BCUT2D eigenvalue weighted by molar-refractivity contribution is -0.123. The van der Waals surface area contributed by atoms with Gasteiger partial charge in [0.25, 0.3) is 5.91 Å². The zero-order valence-corrected chi connectivity index (χ0v) is 14.1. The van der Waals surface area contributed by atoms with Crippen LogP contribution in [0.1, 0.15) is 35.8 Å². The van der Waals surface area contributed by atoms with Crippen LogP contribution in [0.2, 0.25) is 0 Å². The van der Waals surface area contributed by atoms with E-state index < -0.39 is 0 Å². The maximum Gasteiger partial charge on any atom is 0.257 e. The fraction of sp³-hybridized carbons (Fsp3) is 0.389. The molecule has 2 aromatic rings. The minimum Gasteiger partial charge on any atom is -0.369 e. The zero-order valence-electron chi connectivity index (χ0n) is 14.1. The molecule has 0 unspecified atom stereocenters. The van der Waals surface area contributed by atoms with Gasteiger partial charge < -0.3 is 10.6 Å². The maximum absolute atomic E-state index is 13.1. The van der Waals surface area contributed by atoms with Gasteiger partial charge in [-0.2, -0.15) is 5.10 Å². The lowest BCUT2D eigenvalue weighted by Gasteiger charge is -2.30. The van der Waals surface area contributed by atoms with Crippen molar-refractivity contribution in [1.29, 1.82) is 0 Å². The number of hydrogen-bond donors (Lipinski definition) is 1. The molecular formula is C18H21FN4O2. The number of carbonyl (C=O) groups is 2. The maximum atomic E-state index is 13.1. The number of likely N-dealkylation sites (tertiary alicyclic amines) is 1. The van der Waals surface area contributed by atoms with Crippen LogP contribution in [0.5, 0.6) is 0 Å². The number of primary amides is 1. The van der Waals surface area contributed by atoms with Crippen molar-refractivity contribution >= 4 is 11.8 Å². The van der Waals surface area contributed by atoms with Crippen molar-refractivity contribution < 1.29 is 14.0 Å². The highest BCUT2D eigenvalue weighted by Crippen LogP contribution is 2.22. The molecule has 1 aromatic carbocycles. The molecule has 2 heterocycles. The normalized spacial score (nSPS) is 15.4. The molecule has 1 aromatic heterocycles. The van der Waals surface area contributed by atoms with Gasteiger partial charge in [-0.3, -0.25) is 9.59 Å². The molecule has 0 saturated carbocycles. The SMILES string of the molecule is CCc1c(C(=O)N2CCC(C(N)=O)CC2)cnn1-c1ccc(F)cc1. The average Bonchev–Trinajstić information content (AvgIpc) is 3.05. The lowest BCUT2D eigenvalue weighted by atomic mass is 9.96. The van der Waals surface area contributed by atoms with Crippen LogP contribution in [-0.2, 0) is 11.2 Å². The summed E-state index contributed by atoms with van der Waals surface area (Å²) in [5.74, 6) is -0.863. The van der Waals surface area contributed by atoms with Gasteiger partial charge in [0.15, 0.2) is 0 Å². The minimum absolute atomic E-state index is 0.0897. The van der Waals surface area contributed by atoms with Crippen molar-refractivity contribution in [2.75, 3.05) is 13.1 Å². The van der Waals surface area contributed by atoms with E-state index >= 15 is 0 Å². The van der Waals surface area contributed by atoms with Crippen LogP contribution in [0.3, 0.4) is 0 Å². The van der Waals surface area contributed by atoms with Gasteiger partial charge in [-0.1, -0.05) is 6.92 Å². The van der Waals surface area contributed by atoms with Crippen LogP contribution in [0.25, 0.3) is 5.69 Å². The number of piperidine rings is 1. The molecule has 0 spiro atoms. The largest absolute Gasteiger partial charge is 0.369 e. The van der Waals surface area contributed by atoms with Gasteiger partial charge in [0.05, 0.1) is 23.1 Å². The van der Waals surface area contributed by atoms with Crippen LogP contribution in [-0.4, -0.2) is 39.6 Å². The molecule has 0 radical (unpaired) electrons. The molecular weight excluding hydrogens is 323 g/mol. The molecule has 2 amide bonds. The summed E-state index contributed by atoms with van der Waals surface area (Å²) in [5.41, 5.74) is 7.39. The molecule has 0 atom stereocenters. The smallest absolute Gasteiger partial charge is 0.257 e. The van der Waals surface area contributed by atoms with Crippen molar-refractivity contribution in [3.63, 3.8) is 0 Å². The van der Waals surface area contributed by atoms with Gasteiger partial charge >= 0.3 is 0 Å². The van der Waals surface area contributed by atoms with Crippen LogP contribution >= 0.6 is 0 Å². The summed E-state index contributed by atoms with van der Waals surface area (Å²) in [6, 6.07) is 6.00. The van der Waals surface area contributed by atoms with Gasteiger partial charge in [0, 0.05) is 19.0 Å². The van der Waals surface area contributed by atoms with Crippen LogP contribution < -0.4 is 5.73 Å². The zero-order chi connectivity index (χ0) is 18.0. The van der Waals surface area contributed by atoms with Gasteiger partial charge in [0.1, 0.15) is 5.82 Å². The molecule has 1 aliphatic heterocycles. The van der Waals surface area contributed by atoms with Gasteiger partial charge in [0.2, 0.25) is 5.91 Å². The lowest BCUT2D eigenvalue weighted by Crippen LogP contribution is -2.41. The predicted molar refractivity (Wildman–Crippen MR) is 90.7 cm³/mol. The first-order valence-electron chi connectivity index (χ1n) is 8.42. The molecule has 1 aliphatic rings. The van der Waals surface area contributed by atoms with Gasteiger partial charge in [-0.25, -0.2) is 9.07 Å². The Balaban J connectivity index is 1.82. The molecule has 1 fully saturated rings. The van der Waals surface area contributed by atoms with E-state index in [2.05, 4.69) is 5.10 Å². The molecule has 0 aliphatic carbocycles. The number of carbonyl (C=O) groups excluding carboxylic acids is 2. The molecule has 0 bridgehead atoms. The third kappa shape index (κ3) is 3.40. The third-order valence-electron chi connectivity index (χ3n) is 4.69. The summed E-state index contributed by atoms with van der Waals surface area (Å²) in [7, 11) is 0. The minimum atomic E-state index is -0.317. The van der Waals surface area contributed by atoms with E-state index in [9.17, 15) is 14.0 Å². The number of benzene rings is 1. The van der Waals surface area contributed by atoms with E-state index in [0.29, 0.717) is 43.6 Å². The Labute approximate surface area is 145 Å². The highest BCUT2D eigenvalue weighted by Gasteiger charge is 2.28.